The molecule has 0 atom stereocenters. The summed E-state index contributed by atoms with van der Waals surface area (Å²) in [4.78, 5) is 16.5. The Kier molecular flexibility index (Phi) is 6.76. The topological polar surface area (TPSA) is 79.9 Å². The molecule has 0 saturated heterocycles. The third-order valence-corrected chi connectivity index (χ3v) is 5.00. The van der Waals surface area contributed by atoms with Gasteiger partial charge in [0.1, 0.15) is 11.6 Å². The lowest BCUT2D eigenvalue weighted by molar-refractivity contribution is -0.116. The van der Waals surface area contributed by atoms with Gasteiger partial charge < -0.3 is 14.6 Å². The van der Waals surface area contributed by atoms with Crippen LogP contribution in [-0.4, -0.2) is 15.5 Å². The van der Waals surface area contributed by atoms with Crippen molar-refractivity contribution in [2.75, 3.05) is 0 Å². The molecule has 0 unspecified atom stereocenters. The molecule has 4 rings (SSSR count). The van der Waals surface area contributed by atoms with Gasteiger partial charge in [-0.2, -0.15) is 5.26 Å². The van der Waals surface area contributed by atoms with Gasteiger partial charge in [0.25, 0.3) is 0 Å². The van der Waals surface area contributed by atoms with E-state index in [1.165, 1.54) is 30.3 Å². The van der Waals surface area contributed by atoms with E-state index in [-0.39, 0.29) is 11.7 Å². The second-order valence-corrected chi connectivity index (χ2v) is 7.31. The van der Waals surface area contributed by atoms with E-state index >= 15 is 0 Å². The number of hydrogen-bond donors (Lipinski definition) is 1. The molecule has 164 valence electrons. The highest BCUT2D eigenvalue weighted by Crippen LogP contribution is 2.23. The molecular formula is C26H21FN4O2. The SMILES string of the molecule is N#CCCn1cc(/C=C/C(=O)NCc2ccnc(Oc3ccc(F)cc3)c2)c2ccccc21. The summed E-state index contributed by atoms with van der Waals surface area (Å²) in [6, 6.07) is 19.2. The number of amides is 1. The molecule has 1 N–H and O–H groups in total. The Morgan fingerprint density at radius 3 is 2.82 bits per heavy atom. The van der Waals surface area contributed by atoms with Crippen LogP contribution >= 0.6 is 0 Å². The van der Waals surface area contributed by atoms with E-state index in [0.717, 1.165) is 22.0 Å². The Bertz CT molecular complexity index is 1340. The van der Waals surface area contributed by atoms with Gasteiger partial charge in [-0.1, -0.05) is 18.2 Å². The van der Waals surface area contributed by atoms with Crippen LogP contribution in [-0.2, 0) is 17.9 Å². The molecule has 33 heavy (non-hydrogen) atoms. The van der Waals surface area contributed by atoms with Crippen molar-refractivity contribution >= 4 is 22.9 Å². The number of nitrogens with one attached hydrogen (secondary N) is 1. The molecule has 4 aromatic rings. The molecule has 0 bridgehead atoms. The minimum Gasteiger partial charge on any atom is -0.439 e. The molecule has 0 radical (unpaired) electrons. The molecule has 1 amide bonds. The number of carbonyl (C=O) groups excluding carboxylic acids is 1. The van der Waals surface area contributed by atoms with Gasteiger partial charge in [-0.25, -0.2) is 9.37 Å². The first-order valence-electron chi connectivity index (χ1n) is 10.4. The van der Waals surface area contributed by atoms with Crippen molar-refractivity contribution in [1.82, 2.24) is 14.9 Å². The van der Waals surface area contributed by atoms with Gasteiger partial charge >= 0.3 is 0 Å². The monoisotopic (exact) mass is 440 g/mol. The van der Waals surface area contributed by atoms with Crippen molar-refractivity contribution in [2.24, 2.45) is 0 Å². The number of pyridine rings is 1. The van der Waals surface area contributed by atoms with E-state index in [9.17, 15) is 9.18 Å². The predicted octanol–water partition coefficient (Wildman–Crippen LogP) is 5.21. The Labute approximate surface area is 190 Å². The van der Waals surface area contributed by atoms with Crippen molar-refractivity contribution in [3.05, 3.63) is 96.1 Å². The molecule has 0 spiro atoms. The fourth-order valence-corrected chi connectivity index (χ4v) is 3.42. The van der Waals surface area contributed by atoms with E-state index in [1.807, 2.05) is 35.0 Å². The Morgan fingerprint density at radius 1 is 1.18 bits per heavy atom. The maximum absolute atomic E-state index is 13.0. The van der Waals surface area contributed by atoms with Crippen molar-refractivity contribution < 1.29 is 13.9 Å². The third kappa shape index (κ3) is 5.63. The molecule has 6 nitrogen and oxygen atoms in total. The van der Waals surface area contributed by atoms with Gasteiger partial charge in [0.2, 0.25) is 11.8 Å². The molecule has 2 aromatic carbocycles. The number of hydrogen-bond acceptors (Lipinski definition) is 4. The van der Waals surface area contributed by atoms with Crippen LogP contribution in [0.2, 0.25) is 0 Å². The summed E-state index contributed by atoms with van der Waals surface area (Å²) >= 11 is 0. The lowest BCUT2D eigenvalue weighted by Gasteiger charge is -2.07. The number of benzene rings is 2. The van der Waals surface area contributed by atoms with Crippen molar-refractivity contribution in [3.63, 3.8) is 0 Å². The maximum atomic E-state index is 13.0. The molecule has 0 aliphatic carbocycles. The fourth-order valence-electron chi connectivity index (χ4n) is 3.42. The number of ether oxygens (including phenoxy) is 1. The fraction of sp³-hybridized carbons (Fsp3) is 0.115. The highest BCUT2D eigenvalue weighted by atomic mass is 19.1. The predicted molar refractivity (Wildman–Crippen MR) is 124 cm³/mol. The quantitative estimate of drug-likeness (QED) is 0.382. The number of rotatable bonds is 8. The summed E-state index contributed by atoms with van der Waals surface area (Å²) in [6.07, 6.45) is 7.23. The number of nitriles is 1. The van der Waals surface area contributed by atoms with Crippen LogP contribution < -0.4 is 10.1 Å². The Hall–Kier alpha value is -4.44. The van der Waals surface area contributed by atoms with E-state index in [4.69, 9.17) is 10.00 Å². The number of para-hydroxylation sites is 1. The molecule has 2 aromatic heterocycles. The van der Waals surface area contributed by atoms with Crippen molar-refractivity contribution in [3.8, 4) is 17.7 Å². The number of halogens is 1. The second kappa shape index (κ2) is 10.2. The second-order valence-electron chi connectivity index (χ2n) is 7.31. The largest absolute Gasteiger partial charge is 0.439 e. The molecule has 0 saturated carbocycles. The zero-order valence-electron chi connectivity index (χ0n) is 17.7. The van der Waals surface area contributed by atoms with Crippen molar-refractivity contribution in [2.45, 2.75) is 19.5 Å². The first-order valence-corrected chi connectivity index (χ1v) is 10.4. The third-order valence-electron chi connectivity index (χ3n) is 5.00. The molecule has 7 heteroatoms. The summed E-state index contributed by atoms with van der Waals surface area (Å²) in [6.45, 7) is 0.900. The summed E-state index contributed by atoms with van der Waals surface area (Å²) in [5.74, 6) is 0.254. The zero-order chi connectivity index (χ0) is 23.0. The van der Waals surface area contributed by atoms with Gasteiger partial charge in [0.05, 0.1) is 12.5 Å². The van der Waals surface area contributed by atoms with E-state index in [0.29, 0.717) is 31.1 Å². The van der Waals surface area contributed by atoms with Crippen LogP contribution in [0, 0.1) is 17.1 Å². The maximum Gasteiger partial charge on any atom is 0.244 e. The van der Waals surface area contributed by atoms with Crippen LogP contribution in [0.1, 0.15) is 17.5 Å². The first-order chi connectivity index (χ1) is 16.1. The van der Waals surface area contributed by atoms with E-state index < -0.39 is 0 Å². The van der Waals surface area contributed by atoms with Crippen LogP contribution in [0.15, 0.2) is 79.1 Å². The lowest BCUT2D eigenvalue weighted by atomic mass is 10.1. The highest BCUT2D eigenvalue weighted by Gasteiger charge is 2.07. The van der Waals surface area contributed by atoms with Crippen LogP contribution in [0.25, 0.3) is 17.0 Å². The Balaban J connectivity index is 1.39. The molecular weight excluding hydrogens is 419 g/mol. The number of carbonyl (C=O) groups is 1. The van der Waals surface area contributed by atoms with Crippen LogP contribution in [0.4, 0.5) is 4.39 Å². The van der Waals surface area contributed by atoms with E-state index in [1.54, 1.807) is 24.4 Å². The molecule has 0 aliphatic rings. The summed E-state index contributed by atoms with van der Waals surface area (Å²) < 4.78 is 20.7. The molecule has 0 aliphatic heterocycles. The number of fused-ring (bicyclic) bond motifs is 1. The first kappa shape index (κ1) is 21.8. The molecule has 2 heterocycles. The van der Waals surface area contributed by atoms with Crippen LogP contribution in [0.3, 0.4) is 0 Å². The Morgan fingerprint density at radius 2 is 2.00 bits per heavy atom. The minimum absolute atomic E-state index is 0.235. The minimum atomic E-state index is -0.341. The van der Waals surface area contributed by atoms with Crippen molar-refractivity contribution in [1.29, 1.82) is 5.26 Å². The normalized spacial score (nSPS) is 10.9. The van der Waals surface area contributed by atoms with Crippen LogP contribution in [0.5, 0.6) is 11.6 Å². The molecule has 0 fully saturated rings. The summed E-state index contributed by atoms with van der Waals surface area (Å²) in [7, 11) is 0. The van der Waals surface area contributed by atoms with E-state index in [2.05, 4.69) is 16.4 Å². The lowest BCUT2D eigenvalue weighted by Crippen LogP contribution is -2.20. The van der Waals surface area contributed by atoms with Gasteiger partial charge in [-0.3, -0.25) is 4.79 Å². The summed E-state index contributed by atoms with van der Waals surface area (Å²) in [5.41, 5.74) is 2.76. The highest BCUT2D eigenvalue weighted by molar-refractivity contribution is 5.96. The number of aryl methyl sites for hydroxylation is 1. The standard InChI is InChI=1S/C26H21FN4O2/c27-21-7-9-22(10-8-21)33-26-16-19(12-14-29-26)17-30-25(32)11-6-20-18-31(15-3-13-28)24-5-2-1-4-23(20)24/h1-2,4-12,14,16,18H,3,15,17H2,(H,30,32)/b11-6+. The summed E-state index contributed by atoms with van der Waals surface area (Å²) in [5, 5.41) is 12.8. The number of aromatic nitrogens is 2. The smallest absolute Gasteiger partial charge is 0.244 e. The van der Waals surface area contributed by atoms with Gasteiger partial charge in [-0.15, -0.1) is 0 Å². The zero-order valence-corrected chi connectivity index (χ0v) is 17.7. The van der Waals surface area contributed by atoms with Gasteiger partial charge in [0.15, 0.2) is 0 Å². The van der Waals surface area contributed by atoms with Gasteiger partial charge in [-0.05, 0) is 48.0 Å². The average molecular weight is 440 g/mol. The number of nitrogens with zero attached hydrogens (tertiary/aromatic N) is 3. The average Bonchev–Trinajstić information content (AvgIpc) is 3.19. The van der Waals surface area contributed by atoms with Gasteiger partial charge in [0, 0.05) is 54.1 Å².